The number of hydrogen-bond donors (Lipinski definition) is 1. The lowest BCUT2D eigenvalue weighted by Crippen LogP contribution is -2.02. The zero-order valence-electron chi connectivity index (χ0n) is 11.1. The van der Waals surface area contributed by atoms with Gasteiger partial charge in [-0.05, 0) is 32.2 Å². The molecule has 0 amide bonds. The summed E-state index contributed by atoms with van der Waals surface area (Å²) in [4.78, 5) is 7.33. The van der Waals surface area contributed by atoms with Gasteiger partial charge in [-0.25, -0.2) is 0 Å². The van der Waals surface area contributed by atoms with E-state index < -0.39 is 0 Å². The Kier molecular flexibility index (Phi) is 3.32. The summed E-state index contributed by atoms with van der Waals surface area (Å²) in [5, 5.41) is 4.39. The predicted octanol–water partition coefficient (Wildman–Crippen LogP) is 3.99. The second kappa shape index (κ2) is 5.11. The van der Waals surface area contributed by atoms with E-state index in [2.05, 4.69) is 47.8 Å². The normalized spacial score (nSPS) is 11.1. The number of benzene rings is 1. The van der Waals surface area contributed by atoms with Crippen molar-refractivity contribution in [1.29, 1.82) is 0 Å². The topological polar surface area (TPSA) is 24.9 Å². The summed E-state index contributed by atoms with van der Waals surface area (Å²) in [6.45, 7) is 2.96. The van der Waals surface area contributed by atoms with E-state index in [1.54, 1.807) is 0 Å². The van der Waals surface area contributed by atoms with Gasteiger partial charge >= 0.3 is 0 Å². The molecule has 0 radical (unpaired) electrons. The highest BCUT2D eigenvalue weighted by Crippen LogP contribution is 2.32. The molecule has 3 heteroatoms. The zero-order chi connectivity index (χ0) is 13.2. The molecular formula is C16H16N2S. The monoisotopic (exact) mass is 268 g/mol. The summed E-state index contributed by atoms with van der Waals surface area (Å²) >= 11 is 1.83. The summed E-state index contributed by atoms with van der Waals surface area (Å²) in [5.74, 6) is 0. The maximum atomic E-state index is 4.70. The highest BCUT2D eigenvalue weighted by Gasteiger charge is 2.08. The Balaban J connectivity index is 2.15. The van der Waals surface area contributed by atoms with Crippen LogP contribution < -0.4 is 5.32 Å². The van der Waals surface area contributed by atoms with E-state index in [-0.39, 0.29) is 0 Å². The van der Waals surface area contributed by atoms with Crippen LogP contribution >= 0.6 is 11.3 Å². The van der Waals surface area contributed by atoms with Crippen LogP contribution in [-0.2, 0) is 6.54 Å². The summed E-state index contributed by atoms with van der Waals surface area (Å²) < 4.78 is 0. The van der Waals surface area contributed by atoms with Gasteiger partial charge in [0.05, 0.1) is 5.52 Å². The van der Waals surface area contributed by atoms with E-state index in [4.69, 9.17) is 4.98 Å². The Morgan fingerprint density at radius 2 is 2.00 bits per heavy atom. The van der Waals surface area contributed by atoms with Crippen molar-refractivity contribution in [3.05, 3.63) is 53.0 Å². The van der Waals surface area contributed by atoms with Crippen molar-refractivity contribution >= 4 is 22.2 Å². The number of pyridine rings is 1. The van der Waals surface area contributed by atoms with Crippen LogP contribution in [-0.4, -0.2) is 12.0 Å². The van der Waals surface area contributed by atoms with Crippen molar-refractivity contribution in [2.24, 2.45) is 0 Å². The number of nitrogens with one attached hydrogen (secondary N) is 1. The summed E-state index contributed by atoms with van der Waals surface area (Å²) in [6.07, 6.45) is 0. The van der Waals surface area contributed by atoms with E-state index in [1.165, 1.54) is 20.7 Å². The van der Waals surface area contributed by atoms with Crippen molar-refractivity contribution in [1.82, 2.24) is 10.3 Å². The smallest absolute Gasteiger partial charge is 0.0791 e. The van der Waals surface area contributed by atoms with E-state index in [0.29, 0.717) is 0 Å². The summed E-state index contributed by atoms with van der Waals surface area (Å²) in [6, 6.07) is 15.0. The molecule has 2 heterocycles. The third-order valence-corrected chi connectivity index (χ3v) is 4.26. The fraction of sp³-hybridized carbons (Fsp3) is 0.188. The summed E-state index contributed by atoms with van der Waals surface area (Å²) in [5.41, 5.74) is 3.39. The molecule has 0 spiro atoms. The molecule has 1 N–H and O–H groups in total. The average Bonchev–Trinajstić information content (AvgIpc) is 2.87. The molecule has 0 aliphatic carbocycles. The molecule has 0 aliphatic heterocycles. The molecule has 2 aromatic heterocycles. The number of aryl methyl sites for hydroxylation is 1. The Morgan fingerprint density at radius 3 is 2.84 bits per heavy atom. The first-order valence-corrected chi connectivity index (χ1v) is 7.19. The fourth-order valence-corrected chi connectivity index (χ4v) is 3.28. The van der Waals surface area contributed by atoms with Gasteiger partial charge in [-0.1, -0.05) is 24.3 Å². The van der Waals surface area contributed by atoms with Gasteiger partial charge in [0.2, 0.25) is 0 Å². The van der Waals surface area contributed by atoms with E-state index in [1.807, 2.05) is 25.3 Å². The maximum absolute atomic E-state index is 4.70. The Hall–Kier alpha value is -1.71. The van der Waals surface area contributed by atoms with Crippen LogP contribution in [0.25, 0.3) is 21.3 Å². The van der Waals surface area contributed by atoms with Crippen LogP contribution in [0, 0.1) is 6.92 Å². The molecule has 2 nitrogen and oxygen atoms in total. The number of para-hydroxylation sites is 1. The molecule has 19 heavy (non-hydrogen) atoms. The number of thiophene rings is 1. The van der Waals surface area contributed by atoms with Crippen molar-refractivity contribution < 1.29 is 0 Å². The molecule has 0 saturated heterocycles. The molecule has 96 valence electrons. The number of nitrogens with zero attached hydrogens (tertiary/aromatic N) is 1. The third-order valence-electron chi connectivity index (χ3n) is 3.14. The van der Waals surface area contributed by atoms with Gasteiger partial charge in [0, 0.05) is 32.9 Å². The minimum Gasteiger partial charge on any atom is -0.315 e. The predicted molar refractivity (Wildman–Crippen MR) is 82.6 cm³/mol. The minimum atomic E-state index is 0.919. The van der Waals surface area contributed by atoms with Crippen LogP contribution in [0.3, 0.4) is 0 Å². The van der Waals surface area contributed by atoms with E-state index in [9.17, 15) is 0 Å². The average molecular weight is 268 g/mol. The lowest BCUT2D eigenvalue weighted by molar-refractivity contribution is 0.831. The van der Waals surface area contributed by atoms with Gasteiger partial charge in [0.15, 0.2) is 0 Å². The lowest BCUT2D eigenvalue weighted by Gasteiger charge is -2.04. The van der Waals surface area contributed by atoms with Gasteiger partial charge < -0.3 is 5.32 Å². The standard InChI is InChI=1S/C16H16N2S/c1-11-6-7-12-4-3-5-14(16(12)18-11)15-9-8-13(19-15)10-17-2/h3-9,17H,10H2,1-2H3. The van der Waals surface area contributed by atoms with Gasteiger partial charge in [-0.15, -0.1) is 11.3 Å². The minimum absolute atomic E-state index is 0.919. The Labute approximate surface area is 117 Å². The van der Waals surface area contributed by atoms with Crippen molar-refractivity contribution in [3.8, 4) is 10.4 Å². The van der Waals surface area contributed by atoms with Crippen LogP contribution in [0.4, 0.5) is 0 Å². The van der Waals surface area contributed by atoms with Gasteiger partial charge in [-0.3, -0.25) is 4.98 Å². The molecule has 3 aromatic rings. The SMILES string of the molecule is CNCc1ccc(-c2cccc3ccc(C)nc23)s1. The van der Waals surface area contributed by atoms with E-state index >= 15 is 0 Å². The first-order chi connectivity index (χ1) is 9.28. The molecule has 0 saturated carbocycles. The van der Waals surface area contributed by atoms with Crippen LogP contribution in [0.5, 0.6) is 0 Å². The molecular weight excluding hydrogens is 252 g/mol. The van der Waals surface area contributed by atoms with Gasteiger partial charge in [0.25, 0.3) is 0 Å². The van der Waals surface area contributed by atoms with Crippen molar-refractivity contribution in [3.63, 3.8) is 0 Å². The zero-order valence-corrected chi connectivity index (χ0v) is 11.9. The third kappa shape index (κ3) is 2.39. The molecule has 0 atom stereocenters. The van der Waals surface area contributed by atoms with Crippen LogP contribution in [0.2, 0.25) is 0 Å². The Morgan fingerprint density at radius 1 is 1.11 bits per heavy atom. The second-order valence-corrected chi connectivity index (χ2v) is 5.79. The first-order valence-electron chi connectivity index (χ1n) is 6.38. The molecule has 0 fully saturated rings. The van der Waals surface area contributed by atoms with Gasteiger partial charge in [0.1, 0.15) is 0 Å². The molecule has 1 aromatic carbocycles. The number of hydrogen-bond acceptors (Lipinski definition) is 3. The highest BCUT2D eigenvalue weighted by atomic mass is 32.1. The largest absolute Gasteiger partial charge is 0.315 e. The van der Waals surface area contributed by atoms with Crippen LogP contribution in [0.1, 0.15) is 10.6 Å². The highest BCUT2D eigenvalue weighted by molar-refractivity contribution is 7.15. The number of fused-ring (bicyclic) bond motifs is 1. The van der Waals surface area contributed by atoms with E-state index in [0.717, 1.165) is 17.8 Å². The maximum Gasteiger partial charge on any atom is 0.0791 e. The quantitative estimate of drug-likeness (QED) is 0.777. The Bertz CT molecular complexity index is 716. The lowest BCUT2D eigenvalue weighted by atomic mass is 10.1. The van der Waals surface area contributed by atoms with Crippen molar-refractivity contribution in [2.45, 2.75) is 13.5 Å². The fourth-order valence-electron chi connectivity index (χ4n) is 2.24. The number of rotatable bonds is 3. The second-order valence-electron chi connectivity index (χ2n) is 4.63. The number of aromatic nitrogens is 1. The van der Waals surface area contributed by atoms with Crippen LogP contribution in [0.15, 0.2) is 42.5 Å². The van der Waals surface area contributed by atoms with Crippen molar-refractivity contribution in [2.75, 3.05) is 7.05 Å². The molecule has 0 unspecified atom stereocenters. The molecule has 0 bridgehead atoms. The van der Waals surface area contributed by atoms with Gasteiger partial charge in [-0.2, -0.15) is 0 Å². The molecule has 3 rings (SSSR count). The molecule has 0 aliphatic rings. The summed E-state index contributed by atoms with van der Waals surface area (Å²) in [7, 11) is 1.97. The first kappa shape index (κ1) is 12.3.